The highest BCUT2D eigenvalue weighted by Gasteiger charge is 2.28. The van der Waals surface area contributed by atoms with Gasteiger partial charge in [0.2, 0.25) is 0 Å². The Kier molecular flexibility index (Phi) is 5.80. The van der Waals surface area contributed by atoms with Crippen LogP contribution in [0.5, 0.6) is 0 Å². The van der Waals surface area contributed by atoms with Crippen LogP contribution >= 0.6 is 11.3 Å². The maximum absolute atomic E-state index is 13.7. The fraction of sp³-hybridized carbons (Fsp3) is 0.280. The van der Waals surface area contributed by atoms with Crippen molar-refractivity contribution in [2.75, 3.05) is 16.2 Å². The van der Waals surface area contributed by atoms with E-state index in [-0.39, 0.29) is 4.90 Å². The van der Waals surface area contributed by atoms with E-state index < -0.39 is 10.0 Å². The van der Waals surface area contributed by atoms with Crippen molar-refractivity contribution in [3.8, 4) is 0 Å². The van der Waals surface area contributed by atoms with Crippen LogP contribution in [0.2, 0.25) is 0 Å². The molecule has 1 aliphatic carbocycles. The number of rotatable bonds is 6. The predicted molar refractivity (Wildman–Crippen MR) is 135 cm³/mol. The second-order valence-electron chi connectivity index (χ2n) is 8.38. The molecule has 4 aromatic rings. The van der Waals surface area contributed by atoms with E-state index in [0.717, 1.165) is 29.5 Å². The second kappa shape index (κ2) is 8.76. The van der Waals surface area contributed by atoms with Crippen molar-refractivity contribution in [3.63, 3.8) is 0 Å². The van der Waals surface area contributed by atoms with Crippen molar-refractivity contribution in [2.45, 2.75) is 38.0 Å². The number of aromatic nitrogens is 2. The number of para-hydroxylation sites is 2. The van der Waals surface area contributed by atoms with Gasteiger partial charge in [-0.1, -0.05) is 37.3 Å². The zero-order chi connectivity index (χ0) is 23.0. The minimum atomic E-state index is -3.79. The van der Waals surface area contributed by atoms with E-state index in [1.165, 1.54) is 14.7 Å². The van der Waals surface area contributed by atoms with Gasteiger partial charge < -0.3 is 5.32 Å². The highest BCUT2D eigenvalue weighted by molar-refractivity contribution is 7.93. The van der Waals surface area contributed by atoms with Crippen LogP contribution < -0.4 is 9.62 Å². The molecule has 33 heavy (non-hydrogen) atoms. The topological polar surface area (TPSA) is 75.2 Å². The Morgan fingerprint density at radius 3 is 2.64 bits per heavy atom. The van der Waals surface area contributed by atoms with Crippen molar-refractivity contribution in [1.29, 1.82) is 0 Å². The minimum Gasteiger partial charge on any atom is -0.338 e. The zero-order valence-corrected chi connectivity index (χ0v) is 20.3. The highest BCUT2D eigenvalue weighted by Crippen LogP contribution is 2.41. The van der Waals surface area contributed by atoms with Crippen LogP contribution in [0.25, 0.3) is 10.2 Å². The first kappa shape index (κ1) is 21.9. The Labute approximate surface area is 198 Å². The number of hydrogen-bond acceptors (Lipinski definition) is 6. The lowest BCUT2D eigenvalue weighted by atomic mass is 9.89. The maximum atomic E-state index is 13.7. The van der Waals surface area contributed by atoms with Crippen molar-refractivity contribution in [2.24, 2.45) is 5.92 Å². The van der Waals surface area contributed by atoms with Crippen LogP contribution in [0.1, 0.15) is 30.7 Å². The Bertz CT molecular complexity index is 1400. The summed E-state index contributed by atoms with van der Waals surface area (Å²) < 4.78 is 28.9. The van der Waals surface area contributed by atoms with Gasteiger partial charge in [-0.05, 0) is 61.9 Å². The standard InChI is InChI=1S/C25H26N4O2S2/c1-3-29(18-9-5-4-6-10-18)33(30,31)22-12-8-7-11-20(22)28-24-23-19-14-13-17(2)15-21(19)32-25(23)27-16-26-24/h4-12,16-17H,3,13-15H2,1-2H3,(H,26,27,28). The normalized spacial score (nSPS) is 15.9. The number of hydrogen-bond donors (Lipinski definition) is 1. The van der Waals surface area contributed by atoms with Gasteiger partial charge in [0.1, 0.15) is 21.9 Å². The van der Waals surface area contributed by atoms with Crippen LogP contribution in [0.4, 0.5) is 17.2 Å². The first-order chi connectivity index (χ1) is 16.0. The number of fused-ring (bicyclic) bond motifs is 3. The molecule has 2 aromatic carbocycles. The van der Waals surface area contributed by atoms with E-state index in [1.54, 1.807) is 35.9 Å². The van der Waals surface area contributed by atoms with Gasteiger partial charge in [-0.3, -0.25) is 4.31 Å². The smallest absolute Gasteiger partial charge is 0.266 e. The summed E-state index contributed by atoms with van der Waals surface area (Å²) in [6.07, 6.45) is 4.75. The molecule has 2 heterocycles. The fourth-order valence-electron chi connectivity index (χ4n) is 4.50. The summed E-state index contributed by atoms with van der Waals surface area (Å²) >= 11 is 1.73. The summed E-state index contributed by atoms with van der Waals surface area (Å²) in [6.45, 7) is 4.45. The molecule has 1 aliphatic rings. The number of anilines is 3. The van der Waals surface area contributed by atoms with Crippen LogP contribution in [-0.2, 0) is 22.9 Å². The van der Waals surface area contributed by atoms with Gasteiger partial charge in [0.05, 0.1) is 16.8 Å². The molecule has 0 saturated heterocycles. The lowest BCUT2D eigenvalue weighted by Gasteiger charge is -2.24. The number of benzene rings is 2. The van der Waals surface area contributed by atoms with Crippen LogP contribution in [0, 0.1) is 5.92 Å². The molecule has 0 saturated carbocycles. The molecule has 0 radical (unpaired) electrons. The van der Waals surface area contributed by atoms with Crippen molar-refractivity contribution >= 4 is 48.8 Å². The SMILES string of the molecule is CCN(c1ccccc1)S(=O)(=O)c1ccccc1Nc1ncnc2sc3c(c12)CCC(C)C3. The molecule has 5 rings (SSSR count). The van der Waals surface area contributed by atoms with Crippen molar-refractivity contribution in [3.05, 3.63) is 71.4 Å². The molecule has 0 bridgehead atoms. The van der Waals surface area contributed by atoms with E-state index in [0.29, 0.717) is 29.7 Å². The second-order valence-corrected chi connectivity index (χ2v) is 11.3. The number of nitrogens with zero attached hydrogens (tertiary/aromatic N) is 3. The third-order valence-electron chi connectivity index (χ3n) is 6.13. The van der Waals surface area contributed by atoms with E-state index in [9.17, 15) is 8.42 Å². The summed E-state index contributed by atoms with van der Waals surface area (Å²) in [7, 11) is -3.79. The fourth-order valence-corrected chi connectivity index (χ4v) is 7.47. The molecule has 1 N–H and O–H groups in total. The molecule has 170 valence electrons. The average molecular weight is 479 g/mol. The first-order valence-corrected chi connectivity index (χ1v) is 13.4. The summed E-state index contributed by atoms with van der Waals surface area (Å²) in [5.74, 6) is 1.33. The Morgan fingerprint density at radius 2 is 1.85 bits per heavy atom. The number of thiophene rings is 1. The van der Waals surface area contributed by atoms with Gasteiger partial charge in [-0.15, -0.1) is 11.3 Å². The highest BCUT2D eigenvalue weighted by atomic mass is 32.2. The van der Waals surface area contributed by atoms with Crippen molar-refractivity contribution in [1.82, 2.24) is 9.97 Å². The van der Waals surface area contributed by atoms with Gasteiger partial charge in [0.15, 0.2) is 0 Å². The van der Waals surface area contributed by atoms with Gasteiger partial charge in [0.25, 0.3) is 10.0 Å². The predicted octanol–water partition coefficient (Wildman–Crippen LogP) is 5.77. The van der Waals surface area contributed by atoms with Crippen LogP contribution in [0.15, 0.2) is 65.8 Å². The largest absolute Gasteiger partial charge is 0.338 e. The van der Waals surface area contributed by atoms with Gasteiger partial charge in [-0.25, -0.2) is 18.4 Å². The van der Waals surface area contributed by atoms with Crippen molar-refractivity contribution < 1.29 is 8.42 Å². The third kappa shape index (κ3) is 3.98. The van der Waals surface area contributed by atoms with Gasteiger partial charge in [-0.2, -0.15) is 0 Å². The van der Waals surface area contributed by atoms with Crippen LogP contribution in [-0.4, -0.2) is 24.9 Å². The number of nitrogens with one attached hydrogen (secondary N) is 1. The summed E-state index contributed by atoms with van der Waals surface area (Å²) in [5, 5.41) is 4.37. The number of aryl methyl sites for hydroxylation is 1. The molecule has 6 nitrogen and oxygen atoms in total. The lowest BCUT2D eigenvalue weighted by molar-refractivity contribution is 0.509. The molecule has 1 atom stereocenters. The Balaban J connectivity index is 1.58. The first-order valence-electron chi connectivity index (χ1n) is 11.2. The Morgan fingerprint density at radius 1 is 1.09 bits per heavy atom. The quantitative estimate of drug-likeness (QED) is 0.380. The Hall–Kier alpha value is -2.97. The molecule has 0 aliphatic heterocycles. The number of sulfonamides is 1. The summed E-state index contributed by atoms with van der Waals surface area (Å²) in [6, 6.07) is 16.2. The molecule has 0 amide bonds. The lowest BCUT2D eigenvalue weighted by Crippen LogP contribution is -2.31. The third-order valence-corrected chi connectivity index (χ3v) is 9.25. The molecule has 8 heteroatoms. The molecular weight excluding hydrogens is 452 g/mol. The van der Waals surface area contributed by atoms with E-state index >= 15 is 0 Å². The van der Waals surface area contributed by atoms with Gasteiger partial charge in [0, 0.05) is 11.4 Å². The maximum Gasteiger partial charge on any atom is 0.266 e. The molecule has 1 unspecified atom stereocenters. The van der Waals surface area contributed by atoms with E-state index in [2.05, 4.69) is 22.2 Å². The molecule has 2 aromatic heterocycles. The molecule has 0 fully saturated rings. The zero-order valence-electron chi connectivity index (χ0n) is 18.7. The van der Waals surface area contributed by atoms with E-state index in [1.807, 2.05) is 43.3 Å². The molecular formula is C25H26N4O2S2. The van der Waals surface area contributed by atoms with Gasteiger partial charge >= 0.3 is 0 Å². The van der Waals surface area contributed by atoms with E-state index in [4.69, 9.17) is 0 Å². The minimum absolute atomic E-state index is 0.222. The monoisotopic (exact) mass is 478 g/mol. The molecule has 0 spiro atoms. The summed E-state index contributed by atoms with van der Waals surface area (Å²) in [4.78, 5) is 11.6. The van der Waals surface area contributed by atoms with Crippen LogP contribution in [0.3, 0.4) is 0 Å². The summed E-state index contributed by atoms with van der Waals surface area (Å²) in [5.41, 5.74) is 2.45. The average Bonchev–Trinajstić information content (AvgIpc) is 3.19.